The van der Waals surface area contributed by atoms with Crippen molar-refractivity contribution < 1.29 is 14.3 Å². The highest BCUT2D eigenvalue weighted by atomic mass is 16.7. The van der Waals surface area contributed by atoms with Gasteiger partial charge in [0.1, 0.15) is 5.75 Å². The Hall–Kier alpha value is -2.13. The zero-order valence-corrected chi connectivity index (χ0v) is 15.7. The molecule has 0 bridgehead atoms. The SMILES string of the molecule is CCOCOc1cc(-c2ccccc2CC)c(CC)cc1C(=O)CC. The van der Waals surface area contributed by atoms with Crippen LogP contribution in [0, 0.1) is 0 Å². The van der Waals surface area contributed by atoms with E-state index < -0.39 is 0 Å². The maximum atomic E-state index is 12.4. The van der Waals surface area contributed by atoms with Gasteiger partial charge in [-0.25, -0.2) is 0 Å². The second-order valence-corrected chi connectivity index (χ2v) is 5.90. The fourth-order valence-corrected chi connectivity index (χ4v) is 2.98. The average molecular weight is 340 g/mol. The number of carbonyl (C=O) groups is 1. The van der Waals surface area contributed by atoms with Gasteiger partial charge in [-0.1, -0.05) is 45.0 Å². The smallest absolute Gasteiger partial charge is 0.189 e. The molecule has 0 saturated carbocycles. The Morgan fingerprint density at radius 3 is 2.28 bits per heavy atom. The Morgan fingerprint density at radius 2 is 1.64 bits per heavy atom. The first-order chi connectivity index (χ1) is 12.2. The molecule has 0 aliphatic rings. The first-order valence-electron chi connectivity index (χ1n) is 9.15. The Labute approximate surface area is 151 Å². The van der Waals surface area contributed by atoms with Crippen molar-refractivity contribution >= 4 is 5.78 Å². The molecule has 0 aliphatic carbocycles. The molecule has 0 aromatic heterocycles. The monoisotopic (exact) mass is 340 g/mol. The van der Waals surface area contributed by atoms with Crippen LogP contribution in [-0.4, -0.2) is 19.2 Å². The van der Waals surface area contributed by atoms with Crippen molar-refractivity contribution in [2.75, 3.05) is 13.4 Å². The highest BCUT2D eigenvalue weighted by Crippen LogP contribution is 2.34. The van der Waals surface area contributed by atoms with Gasteiger partial charge < -0.3 is 9.47 Å². The van der Waals surface area contributed by atoms with Crippen molar-refractivity contribution in [2.45, 2.75) is 47.0 Å². The van der Waals surface area contributed by atoms with Crippen LogP contribution in [0.4, 0.5) is 0 Å². The van der Waals surface area contributed by atoms with Crippen molar-refractivity contribution in [3.05, 3.63) is 53.1 Å². The van der Waals surface area contributed by atoms with E-state index in [0.717, 1.165) is 18.4 Å². The van der Waals surface area contributed by atoms with Crippen LogP contribution < -0.4 is 4.74 Å². The first-order valence-corrected chi connectivity index (χ1v) is 9.15. The van der Waals surface area contributed by atoms with Gasteiger partial charge in [-0.15, -0.1) is 0 Å². The van der Waals surface area contributed by atoms with Gasteiger partial charge in [-0.05, 0) is 54.2 Å². The molecule has 0 aliphatic heterocycles. The van der Waals surface area contributed by atoms with E-state index in [2.05, 4.69) is 38.1 Å². The first kappa shape index (κ1) is 19.2. The third-order valence-electron chi connectivity index (χ3n) is 4.40. The van der Waals surface area contributed by atoms with Crippen molar-refractivity contribution in [3.63, 3.8) is 0 Å². The molecular weight excluding hydrogens is 312 g/mol. The summed E-state index contributed by atoms with van der Waals surface area (Å²) in [4.78, 5) is 12.4. The lowest BCUT2D eigenvalue weighted by Gasteiger charge is -2.17. The van der Waals surface area contributed by atoms with Crippen LogP contribution in [0.3, 0.4) is 0 Å². The third-order valence-corrected chi connectivity index (χ3v) is 4.40. The molecule has 0 heterocycles. The number of benzene rings is 2. The van der Waals surface area contributed by atoms with Gasteiger partial charge in [0.15, 0.2) is 12.6 Å². The summed E-state index contributed by atoms with van der Waals surface area (Å²) in [5.74, 6) is 0.704. The normalized spacial score (nSPS) is 10.7. The second-order valence-electron chi connectivity index (χ2n) is 5.90. The predicted octanol–water partition coefficient (Wildman–Crippen LogP) is 5.44. The maximum Gasteiger partial charge on any atom is 0.189 e. The molecule has 3 heteroatoms. The lowest BCUT2D eigenvalue weighted by Crippen LogP contribution is -2.08. The lowest BCUT2D eigenvalue weighted by atomic mass is 9.90. The molecule has 134 valence electrons. The van der Waals surface area contributed by atoms with Gasteiger partial charge in [0, 0.05) is 13.0 Å². The van der Waals surface area contributed by atoms with Gasteiger partial charge in [0.2, 0.25) is 0 Å². The molecule has 3 nitrogen and oxygen atoms in total. The fourth-order valence-electron chi connectivity index (χ4n) is 2.98. The van der Waals surface area contributed by atoms with Gasteiger partial charge in [-0.3, -0.25) is 4.79 Å². The van der Waals surface area contributed by atoms with Crippen LogP contribution in [0.2, 0.25) is 0 Å². The Morgan fingerprint density at radius 1 is 0.920 bits per heavy atom. The molecule has 0 spiro atoms. The number of hydrogen-bond donors (Lipinski definition) is 0. The third kappa shape index (κ3) is 4.49. The van der Waals surface area contributed by atoms with Gasteiger partial charge in [0.25, 0.3) is 0 Å². The van der Waals surface area contributed by atoms with E-state index in [1.165, 1.54) is 16.7 Å². The number of ketones is 1. The highest BCUT2D eigenvalue weighted by Gasteiger charge is 2.17. The maximum absolute atomic E-state index is 12.4. The van der Waals surface area contributed by atoms with Crippen LogP contribution >= 0.6 is 0 Å². The number of aryl methyl sites for hydroxylation is 2. The lowest BCUT2D eigenvalue weighted by molar-refractivity contribution is 0.0219. The summed E-state index contributed by atoms with van der Waals surface area (Å²) in [6.07, 6.45) is 2.28. The average Bonchev–Trinajstić information content (AvgIpc) is 2.67. The molecular formula is C22H28O3. The predicted molar refractivity (Wildman–Crippen MR) is 102 cm³/mol. The van der Waals surface area contributed by atoms with Crippen LogP contribution in [0.25, 0.3) is 11.1 Å². The quantitative estimate of drug-likeness (QED) is 0.346. The molecule has 0 N–H and O–H groups in total. The minimum atomic E-state index is 0.0940. The highest BCUT2D eigenvalue weighted by molar-refractivity contribution is 5.99. The molecule has 2 aromatic carbocycles. The second kappa shape index (κ2) is 9.38. The van der Waals surface area contributed by atoms with Crippen molar-refractivity contribution in [3.8, 4) is 16.9 Å². The van der Waals surface area contributed by atoms with Crippen molar-refractivity contribution in [1.82, 2.24) is 0 Å². The van der Waals surface area contributed by atoms with Gasteiger partial charge in [0.05, 0.1) is 5.56 Å². The minimum absolute atomic E-state index is 0.0940. The summed E-state index contributed by atoms with van der Waals surface area (Å²) < 4.78 is 11.1. The molecule has 0 saturated heterocycles. The molecule has 2 aromatic rings. The van der Waals surface area contributed by atoms with E-state index in [-0.39, 0.29) is 12.6 Å². The van der Waals surface area contributed by atoms with E-state index in [1.807, 2.05) is 26.0 Å². The standard InChI is InChI=1S/C22H28O3/c1-5-16-11-9-10-12-18(16)19-14-22(25-15-24-8-4)20(21(23)7-3)13-17(19)6-2/h9-14H,5-8,15H2,1-4H3. The summed E-state index contributed by atoms with van der Waals surface area (Å²) in [6.45, 7) is 8.81. The van der Waals surface area contributed by atoms with Crippen LogP contribution in [0.15, 0.2) is 36.4 Å². The summed E-state index contributed by atoms with van der Waals surface area (Å²) in [5, 5.41) is 0. The summed E-state index contributed by atoms with van der Waals surface area (Å²) in [7, 11) is 0. The molecule has 25 heavy (non-hydrogen) atoms. The number of ether oxygens (including phenoxy) is 2. The Kier molecular flexibility index (Phi) is 7.20. The van der Waals surface area contributed by atoms with E-state index in [1.54, 1.807) is 0 Å². The molecule has 2 rings (SSSR count). The number of hydrogen-bond acceptors (Lipinski definition) is 3. The van der Waals surface area contributed by atoms with Gasteiger partial charge >= 0.3 is 0 Å². The largest absolute Gasteiger partial charge is 0.467 e. The zero-order chi connectivity index (χ0) is 18.2. The summed E-state index contributed by atoms with van der Waals surface area (Å²) >= 11 is 0. The van der Waals surface area contributed by atoms with Gasteiger partial charge in [-0.2, -0.15) is 0 Å². The fraction of sp³-hybridized carbons (Fsp3) is 0.409. The van der Waals surface area contributed by atoms with Crippen molar-refractivity contribution in [1.29, 1.82) is 0 Å². The number of rotatable bonds is 9. The number of Topliss-reactive ketones (excluding diaryl/α,β-unsaturated/α-hetero) is 1. The van der Waals surface area contributed by atoms with Crippen LogP contribution in [0.1, 0.15) is 55.6 Å². The van der Waals surface area contributed by atoms with E-state index in [9.17, 15) is 4.79 Å². The molecule has 0 atom stereocenters. The summed E-state index contributed by atoms with van der Waals surface area (Å²) in [5.41, 5.74) is 5.46. The zero-order valence-electron chi connectivity index (χ0n) is 15.7. The Balaban J connectivity index is 2.59. The van der Waals surface area contributed by atoms with Crippen molar-refractivity contribution in [2.24, 2.45) is 0 Å². The molecule has 0 radical (unpaired) electrons. The number of carbonyl (C=O) groups excluding carboxylic acids is 1. The summed E-state index contributed by atoms with van der Waals surface area (Å²) in [6, 6.07) is 12.4. The topological polar surface area (TPSA) is 35.5 Å². The Bertz CT molecular complexity index is 719. The van der Waals surface area contributed by atoms with E-state index >= 15 is 0 Å². The van der Waals surface area contributed by atoms with E-state index in [4.69, 9.17) is 9.47 Å². The molecule has 0 amide bonds. The molecule has 0 fully saturated rings. The van der Waals surface area contributed by atoms with Crippen LogP contribution in [0.5, 0.6) is 5.75 Å². The molecule has 0 unspecified atom stereocenters. The minimum Gasteiger partial charge on any atom is -0.467 e. The van der Waals surface area contributed by atoms with E-state index in [0.29, 0.717) is 24.3 Å². The van der Waals surface area contributed by atoms with Crippen LogP contribution in [-0.2, 0) is 17.6 Å².